The molecule has 0 bridgehead atoms. The van der Waals surface area contributed by atoms with Crippen molar-refractivity contribution in [1.82, 2.24) is 0 Å². The van der Waals surface area contributed by atoms with Gasteiger partial charge >= 0.3 is 5.97 Å². The lowest BCUT2D eigenvalue weighted by atomic mass is 10.1. The van der Waals surface area contributed by atoms with Gasteiger partial charge < -0.3 is 9.84 Å². The molecule has 0 radical (unpaired) electrons. The molecule has 0 aliphatic heterocycles. The molecule has 0 aliphatic rings. The lowest BCUT2D eigenvalue weighted by molar-refractivity contribution is -0.141. The van der Waals surface area contributed by atoms with Crippen molar-refractivity contribution in [2.75, 3.05) is 6.61 Å². The molecule has 0 aliphatic carbocycles. The Morgan fingerprint density at radius 3 is 2.41 bits per heavy atom. The molecule has 0 saturated heterocycles. The molecule has 0 aromatic rings. The van der Waals surface area contributed by atoms with Crippen LogP contribution >= 0.6 is 0 Å². The summed E-state index contributed by atoms with van der Waals surface area (Å²) in [4.78, 5) is 10.5. The van der Waals surface area contributed by atoms with Gasteiger partial charge in [0.05, 0.1) is 12.7 Å². The van der Waals surface area contributed by atoms with Gasteiger partial charge in [-0.15, -0.1) is 6.58 Å². The van der Waals surface area contributed by atoms with Crippen LogP contribution in [-0.2, 0) is 9.53 Å². The molecule has 0 aromatic carbocycles. The zero-order valence-electron chi connectivity index (χ0n) is 11.0. The van der Waals surface area contributed by atoms with Crippen LogP contribution in [0.25, 0.3) is 0 Å². The highest BCUT2D eigenvalue weighted by atomic mass is 16.5. The predicted molar refractivity (Wildman–Crippen MR) is 69.8 cm³/mol. The second kappa shape index (κ2) is 11.6. The third kappa shape index (κ3) is 13.1. The molecule has 1 N–H and O–H groups in total. The van der Waals surface area contributed by atoms with Crippen molar-refractivity contribution in [1.29, 1.82) is 0 Å². The molecule has 0 heterocycles. The fourth-order valence-electron chi connectivity index (χ4n) is 1.72. The minimum Gasteiger partial charge on any atom is -0.466 e. The van der Waals surface area contributed by atoms with Gasteiger partial charge in [0.1, 0.15) is 0 Å². The van der Waals surface area contributed by atoms with Gasteiger partial charge in [0.2, 0.25) is 0 Å². The van der Waals surface area contributed by atoms with Crippen LogP contribution in [-0.4, -0.2) is 23.8 Å². The number of ether oxygens (including phenoxy) is 1. The molecule has 0 saturated carbocycles. The summed E-state index contributed by atoms with van der Waals surface area (Å²) in [6.45, 7) is 5.59. The maximum Gasteiger partial charge on any atom is 0.302 e. The van der Waals surface area contributed by atoms with Crippen LogP contribution in [0, 0.1) is 0 Å². The molecule has 1 atom stereocenters. The fraction of sp³-hybridized carbons (Fsp3) is 0.786. The average Bonchev–Trinajstić information content (AvgIpc) is 2.27. The largest absolute Gasteiger partial charge is 0.466 e. The lowest BCUT2D eigenvalue weighted by Crippen LogP contribution is -2.04. The fourth-order valence-corrected chi connectivity index (χ4v) is 1.72. The number of aliphatic hydroxyl groups excluding tert-OH is 1. The van der Waals surface area contributed by atoms with E-state index in [1.54, 1.807) is 6.08 Å². The summed E-state index contributed by atoms with van der Waals surface area (Å²) in [5.74, 6) is -0.193. The third-order valence-electron chi connectivity index (χ3n) is 2.68. The van der Waals surface area contributed by atoms with Gasteiger partial charge in [0.25, 0.3) is 0 Å². The average molecular weight is 242 g/mol. The van der Waals surface area contributed by atoms with Crippen LogP contribution < -0.4 is 0 Å². The molecule has 3 heteroatoms. The number of rotatable bonds is 11. The van der Waals surface area contributed by atoms with E-state index in [1.165, 1.54) is 26.2 Å². The van der Waals surface area contributed by atoms with E-state index in [9.17, 15) is 9.90 Å². The van der Waals surface area contributed by atoms with Crippen molar-refractivity contribution >= 4 is 5.97 Å². The monoisotopic (exact) mass is 242 g/mol. The van der Waals surface area contributed by atoms with E-state index in [4.69, 9.17) is 4.74 Å². The molecule has 0 fully saturated rings. The maximum atomic E-state index is 10.5. The normalized spacial score (nSPS) is 12.1. The molecule has 1 unspecified atom stereocenters. The van der Waals surface area contributed by atoms with Crippen LogP contribution in [0.3, 0.4) is 0 Å². The molecule has 0 amide bonds. The van der Waals surface area contributed by atoms with E-state index in [0.717, 1.165) is 25.7 Å². The first-order chi connectivity index (χ1) is 8.16. The molecule has 3 nitrogen and oxygen atoms in total. The number of unbranched alkanes of at least 4 members (excludes halogenated alkanes) is 5. The minimum absolute atomic E-state index is 0.193. The topological polar surface area (TPSA) is 46.5 Å². The van der Waals surface area contributed by atoms with Crippen molar-refractivity contribution in [3.63, 3.8) is 0 Å². The van der Waals surface area contributed by atoms with Gasteiger partial charge in [0.15, 0.2) is 0 Å². The SMILES string of the molecule is C=CCC(O)CCCCCCCCOC(C)=O. The summed E-state index contributed by atoms with van der Waals surface area (Å²) in [7, 11) is 0. The van der Waals surface area contributed by atoms with Crippen molar-refractivity contribution in [2.45, 2.75) is 64.4 Å². The lowest BCUT2D eigenvalue weighted by Gasteiger charge is -2.07. The highest BCUT2D eigenvalue weighted by Crippen LogP contribution is 2.10. The van der Waals surface area contributed by atoms with E-state index < -0.39 is 0 Å². The van der Waals surface area contributed by atoms with E-state index >= 15 is 0 Å². The Morgan fingerprint density at radius 1 is 1.24 bits per heavy atom. The summed E-state index contributed by atoms with van der Waals surface area (Å²) in [5, 5.41) is 9.45. The van der Waals surface area contributed by atoms with Gasteiger partial charge in [-0.05, 0) is 19.3 Å². The van der Waals surface area contributed by atoms with Gasteiger partial charge in [0, 0.05) is 6.92 Å². The molecular weight excluding hydrogens is 216 g/mol. The van der Waals surface area contributed by atoms with Gasteiger partial charge in [-0.1, -0.05) is 38.2 Å². The summed E-state index contributed by atoms with van der Waals surface area (Å²) >= 11 is 0. The summed E-state index contributed by atoms with van der Waals surface area (Å²) < 4.78 is 4.85. The first-order valence-electron chi connectivity index (χ1n) is 6.59. The number of aliphatic hydroxyl groups is 1. The van der Waals surface area contributed by atoms with Crippen LogP contribution in [0.4, 0.5) is 0 Å². The van der Waals surface area contributed by atoms with E-state index in [1.807, 2.05) is 0 Å². The number of esters is 1. The standard InChI is InChI=1S/C14H26O3/c1-3-10-14(16)11-8-6-4-5-7-9-12-17-13(2)15/h3,14,16H,1,4-12H2,2H3. The maximum absolute atomic E-state index is 10.5. The summed E-state index contributed by atoms with van der Waals surface area (Å²) in [5.41, 5.74) is 0. The number of hydrogen-bond donors (Lipinski definition) is 1. The first-order valence-corrected chi connectivity index (χ1v) is 6.59. The summed E-state index contributed by atoms with van der Waals surface area (Å²) in [6.07, 6.45) is 9.82. The zero-order valence-corrected chi connectivity index (χ0v) is 11.0. The Kier molecular flexibility index (Phi) is 11.1. The third-order valence-corrected chi connectivity index (χ3v) is 2.68. The van der Waals surface area contributed by atoms with Crippen LogP contribution in [0.2, 0.25) is 0 Å². The van der Waals surface area contributed by atoms with E-state index in [-0.39, 0.29) is 12.1 Å². The highest BCUT2D eigenvalue weighted by Gasteiger charge is 2.00. The molecule has 0 spiro atoms. The van der Waals surface area contributed by atoms with Crippen LogP contribution in [0.15, 0.2) is 12.7 Å². The number of carbonyl (C=O) groups excluding carboxylic acids is 1. The Hall–Kier alpha value is -0.830. The van der Waals surface area contributed by atoms with E-state index in [0.29, 0.717) is 13.0 Å². The smallest absolute Gasteiger partial charge is 0.302 e. The molecular formula is C14H26O3. The quantitative estimate of drug-likeness (QED) is 0.344. The van der Waals surface area contributed by atoms with Crippen molar-refractivity contribution in [3.05, 3.63) is 12.7 Å². The Labute approximate surface area is 105 Å². The van der Waals surface area contributed by atoms with Crippen LogP contribution in [0.5, 0.6) is 0 Å². The van der Waals surface area contributed by atoms with Gasteiger partial charge in [-0.2, -0.15) is 0 Å². The Bertz CT molecular complexity index is 202. The minimum atomic E-state index is -0.212. The number of hydrogen-bond acceptors (Lipinski definition) is 3. The van der Waals surface area contributed by atoms with Crippen LogP contribution in [0.1, 0.15) is 58.3 Å². The van der Waals surface area contributed by atoms with Gasteiger partial charge in [-0.3, -0.25) is 4.79 Å². The Balaban J connectivity index is 3.08. The molecule has 100 valence electrons. The predicted octanol–water partition coefficient (Wildman–Crippen LogP) is 3.22. The summed E-state index contributed by atoms with van der Waals surface area (Å²) in [6, 6.07) is 0. The van der Waals surface area contributed by atoms with Gasteiger partial charge in [-0.25, -0.2) is 0 Å². The van der Waals surface area contributed by atoms with Crippen molar-refractivity contribution in [2.24, 2.45) is 0 Å². The first kappa shape index (κ1) is 16.2. The van der Waals surface area contributed by atoms with Crippen molar-refractivity contribution < 1.29 is 14.6 Å². The molecule has 0 rings (SSSR count). The zero-order chi connectivity index (χ0) is 12.9. The van der Waals surface area contributed by atoms with E-state index in [2.05, 4.69) is 6.58 Å². The highest BCUT2D eigenvalue weighted by molar-refractivity contribution is 5.65. The molecule has 17 heavy (non-hydrogen) atoms. The Morgan fingerprint density at radius 2 is 1.82 bits per heavy atom. The second-order valence-corrected chi connectivity index (χ2v) is 4.43. The second-order valence-electron chi connectivity index (χ2n) is 4.43. The number of carbonyl (C=O) groups is 1. The van der Waals surface area contributed by atoms with Crippen molar-refractivity contribution in [3.8, 4) is 0 Å². The molecule has 0 aromatic heterocycles.